The monoisotopic (exact) mass is 450 g/mol. The predicted octanol–water partition coefficient (Wildman–Crippen LogP) is 4.46. The number of aryl methyl sites for hydroxylation is 1. The number of carbonyl (C=O) groups is 1. The van der Waals surface area contributed by atoms with Gasteiger partial charge >= 0.3 is 0 Å². The van der Waals surface area contributed by atoms with Gasteiger partial charge in [-0.05, 0) is 63.6 Å². The summed E-state index contributed by atoms with van der Waals surface area (Å²) in [6.45, 7) is 8.03. The van der Waals surface area contributed by atoms with Crippen LogP contribution in [0, 0.1) is 12.7 Å². The maximum atomic E-state index is 13.3. The van der Waals surface area contributed by atoms with Gasteiger partial charge in [-0.2, -0.15) is 0 Å². The van der Waals surface area contributed by atoms with Crippen molar-refractivity contribution in [1.29, 1.82) is 0 Å². The van der Waals surface area contributed by atoms with E-state index >= 15 is 0 Å². The third-order valence-corrected chi connectivity index (χ3v) is 5.55. The summed E-state index contributed by atoms with van der Waals surface area (Å²) >= 11 is 0. The first-order chi connectivity index (χ1) is 15.7. The largest absolute Gasteiger partial charge is 0.495 e. The molecule has 1 saturated heterocycles. The molecule has 0 radical (unpaired) electrons. The number of halogens is 1. The van der Waals surface area contributed by atoms with Crippen LogP contribution in [0.25, 0.3) is 11.8 Å². The fourth-order valence-corrected chi connectivity index (χ4v) is 3.90. The van der Waals surface area contributed by atoms with Crippen LogP contribution < -0.4 is 4.74 Å². The molecule has 33 heavy (non-hydrogen) atoms. The van der Waals surface area contributed by atoms with Crippen LogP contribution in [0.1, 0.15) is 43.8 Å². The number of aromatic nitrogens is 3. The van der Waals surface area contributed by atoms with Crippen molar-refractivity contribution in [2.24, 2.45) is 0 Å². The van der Waals surface area contributed by atoms with Crippen LogP contribution in [-0.2, 0) is 9.53 Å². The highest BCUT2D eigenvalue weighted by atomic mass is 19.1. The van der Waals surface area contributed by atoms with Crippen molar-refractivity contribution in [2.45, 2.75) is 39.3 Å². The minimum Gasteiger partial charge on any atom is -0.495 e. The van der Waals surface area contributed by atoms with Crippen LogP contribution in [0.5, 0.6) is 5.75 Å². The number of methoxy groups -OCH3 is 1. The molecule has 0 unspecified atom stereocenters. The summed E-state index contributed by atoms with van der Waals surface area (Å²) in [4.78, 5) is 23.5. The molecule has 1 aliphatic rings. The smallest absolute Gasteiger partial charge is 0.289 e. The number of pyridine rings is 1. The van der Waals surface area contributed by atoms with Crippen molar-refractivity contribution < 1.29 is 18.7 Å². The molecule has 1 aromatic carbocycles. The molecule has 1 aliphatic heterocycles. The Morgan fingerprint density at radius 3 is 2.67 bits per heavy atom. The zero-order valence-corrected chi connectivity index (χ0v) is 19.4. The van der Waals surface area contributed by atoms with Gasteiger partial charge in [0.2, 0.25) is 0 Å². The number of rotatable bonds is 5. The average molecular weight is 451 g/mol. The molecule has 0 aliphatic carbocycles. The molecule has 2 aromatic heterocycles. The molecular weight excluding hydrogens is 423 g/mol. The lowest BCUT2D eigenvalue weighted by atomic mass is 10.0. The van der Waals surface area contributed by atoms with E-state index in [-0.39, 0.29) is 17.7 Å². The first-order valence-electron chi connectivity index (χ1n) is 10.7. The van der Waals surface area contributed by atoms with Gasteiger partial charge in [0.25, 0.3) is 5.91 Å². The van der Waals surface area contributed by atoms with Crippen molar-refractivity contribution in [3.63, 3.8) is 0 Å². The number of morpholine rings is 1. The molecule has 3 heterocycles. The van der Waals surface area contributed by atoms with Gasteiger partial charge in [0.05, 0.1) is 49.3 Å². The third kappa shape index (κ3) is 4.74. The first-order valence-corrected chi connectivity index (χ1v) is 10.7. The molecule has 1 atom stereocenters. The summed E-state index contributed by atoms with van der Waals surface area (Å²) in [5.74, 6) is 0.211. The second kappa shape index (κ2) is 8.69. The number of amides is 1. The molecule has 0 spiro atoms. The quantitative estimate of drug-likeness (QED) is 0.537. The number of benzene rings is 1. The van der Waals surface area contributed by atoms with E-state index in [1.165, 1.54) is 6.07 Å². The van der Waals surface area contributed by atoms with Gasteiger partial charge in [0.1, 0.15) is 17.2 Å². The average Bonchev–Trinajstić information content (AvgIpc) is 3.21. The maximum Gasteiger partial charge on any atom is 0.289 e. The maximum absolute atomic E-state index is 13.3. The molecule has 0 N–H and O–H groups in total. The van der Waals surface area contributed by atoms with Crippen molar-refractivity contribution in [1.82, 2.24) is 19.4 Å². The van der Waals surface area contributed by atoms with E-state index in [1.54, 1.807) is 30.5 Å². The molecular formula is C25H27FN4O3. The number of carbonyl (C=O) groups excluding carboxylic acids is 1. The molecule has 8 heteroatoms. The third-order valence-electron chi connectivity index (χ3n) is 5.55. The molecule has 172 valence electrons. The van der Waals surface area contributed by atoms with E-state index in [9.17, 15) is 9.18 Å². The van der Waals surface area contributed by atoms with Gasteiger partial charge in [-0.25, -0.2) is 9.37 Å². The number of hydrogen-bond donors (Lipinski definition) is 0. The number of hydrogen-bond acceptors (Lipinski definition) is 5. The van der Waals surface area contributed by atoms with Gasteiger partial charge in [-0.1, -0.05) is 6.07 Å². The van der Waals surface area contributed by atoms with Crippen LogP contribution in [0.15, 0.2) is 54.8 Å². The lowest BCUT2D eigenvalue weighted by Gasteiger charge is -2.42. The van der Waals surface area contributed by atoms with Gasteiger partial charge in [0, 0.05) is 6.20 Å². The Kier molecular flexibility index (Phi) is 5.93. The highest BCUT2D eigenvalue weighted by molar-refractivity contribution is 5.97. The van der Waals surface area contributed by atoms with Crippen LogP contribution in [0.3, 0.4) is 0 Å². The Labute approximate surface area is 192 Å². The summed E-state index contributed by atoms with van der Waals surface area (Å²) < 4.78 is 26.8. The van der Waals surface area contributed by atoms with E-state index in [1.807, 2.05) is 56.7 Å². The zero-order chi connectivity index (χ0) is 23.8. The SMILES string of the molecule is COc1cc(C=C2OC(C)(C)CN([C@@H](C)c3ccc(F)cn3)C2=O)ccc1-n1cnc(C)c1. The van der Waals surface area contributed by atoms with E-state index in [4.69, 9.17) is 9.47 Å². The molecule has 3 aromatic rings. The van der Waals surface area contributed by atoms with Crippen LogP contribution in [0.2, 0.25) is 0 Å². The molecule has 7 nitrogen and oxygen atoms in total. The highest BCUT2D eigenvalue weighted by Crippen LogP contribution is 2.33. The molecule has 0 bridgehead atoms. The Bertz CT molecular complexity index is 1200. The molecule has 1 amide bonds. The van der Waals surface area contributed by atoms with Gasteiger partial charge in [-0.3, -0.25) is 9.78 Å². The van der Waals surface area contributed by atoms with E-state index < -0.39 is 11.4 Å². The van der Waals surface area contributed by atoms with Crippen LogP contribution in [-0.4, -0.2) is 44.6 Å². The van der Waals surface area contributed by atoms with Crippen molar-refractivity contribution >= 4 is 12.0 Å². The van der Waals surface area contributed by atoms with Crippen molar-refractivity contribution in [2.75, 3.05) is 13.7 Å². The summed E-state index contributed by atoms with van der Waals surface area (Å²) in [7, 11) is 1.60. The molecule has 1 fully saturated rings. The Morgan fingerprint density at radius 1 is 1.24 bits per heavy atom. The molecule has 0 saturated carbocycles. The highest BCUT2D eigenvalue weighted by Gasteiger charge is 2.39. The number of imidazole rings is 1. The Hall–Kier alpha value is -3.68. The first kappa shape index (κ1) is 22.5. The topological polar surface area (TPSA) is 69.5 Å². The Morgan fingerprint density at radius 2 is 2.03 bits per heavy atom. The van der Waals surface area contributed by atoms with Crippen LogP contribution in [0.4, 0.5) is 4.39 Å². The van der Waals surface area contributed by atoms with Gasteiger partial charge < -0.3 is 18.9 Å². The Balaban J connectivity index is 1.66. The van der Waals surface area contributed by atoms with Crippen LogP contribution >= 0.6 is 0 Å². The van der Waals surface area contributed by atoms with E-state index in [0.717, 1.165) is 23.1 Å². The molecule has 4 rings (SSSR count). The number of nitrogens with zero attached hydrogens (tertiary/aromatic N) is 4. The standard InChI is InChI=1S/C25H27FN4O3/c1-16-13-29(15-28-16)21-9-6-18(10-22(21)32-5)11-23-24(31)30(14-25(3,4)33-23)17(2)20-8-7-19(26)12-27-20/h6-13,15,17H,14H2,1-5H3/t17-/m0/s1. The van der Waals surface area contributed by atoms with Gasteiger partial charge in [0.15, 0.2) is 5.76 Å². The summed E-state index contributed by atoms with van der Waals surface area (Å²) in [5, 5.41) is 0. The minimum atomic E-state index is -0.605. The second-order valence-electron chi connectivity index (χ2n) is 8.73. The van der Waals surface area contributed by atoms with Crippen molar-refractivity contribution in [3.05, 3.63) is 77.6 Å². The fraction of sp³-hybridized carbons (Fsp3) is 0.320. The fourth-order valence-electron chi connectivity index (χ4n) is 3.90. The lowest BCUT2D eigenvalue weighted by Crippen LogP contribution is -2.51. The van der Waals surface area contributed by atoms with Crippen molar-refractivity contribution in [3.8, 4) is 11.4 Å². The summed E-state index contributed by atoms with van der Waals surface area (Å²) in [6.07, 6.45) is 6.51. The normalized spacial score (nSPS) is 17.7. The minimum absolute atomic E-state index is 0.230. The van der Waals surface area contributed by atoms with E-state index in [0.29, 0.717) is 18.0 Å². The van der Waals surface area contributed by atoms with Gasteiger partial charge in [-0.15, -0.1) is 0 Å². The summed E-state index contributed by atoms with van der Waals surface area (Å²) in [5.41, 5.74) is 2.52. The second-order valence-corrected chi connectivity index (χ2v) is 8.73. The lowest BCUT2D eigenvalue weighted by molar-refractivity contribution is -0.149. The summed E-state index contributed by atoms with van der Waals surface area (Å²) in [6, 6.07) is 8.26. The zero-order valence-electron chi connectivity index (χ0n) is 19.4. The number of ether oxygens (including phenoxy) is 2. The van der Waals surface area contributed by atoms with E-state index in [2.05, 4.69) is 9.97 Å². The predicted molar refractivity (Wildman–Crippen MR) is 122 cm³/mol.